The summed E-state index contributed by atoms with van der Waals surface area (Å²) in [4.78, 5) is 4.79. The molecule has 0 aliphatic rings. The Labute approximate surface area is 78.0 Å². The van der Waals surface area contributed by atoms with Gasteiger partial charge in [-0.3, -0.25) is 10.3 Å². The molecule has 0 atom stereocenters. The zero-order valence-electron chi connectivity index (χ0n) is 7.92. The minimum Gasteiger partial charge on any atom is -0.388 e. The number of nitrogens with two attached hydrogens (primary N) is 1. The molecule has 4 N–H and O–H groups in total. The molecule has 1 aromatic rings. The summed E-state index contributed by atoms with van der Waals surface area (Å²) in [5.74, 6) is 0. The van der Waals surface area contributed by atoms with Crippen molar-refractivity contribution in [2.24, 2.45) is 5.73 Å². The van der Waals surface area contributed by atoms with E-state index in [1.807, 2.05) is 25.2 Å². The lowest BCUT2D eigenvalue weighted by molar-refractivity contribution is 0.271. The van der Waals surface area contributed by atoms with Crippen LogP contribution in [-0.4, -0.2) is 14.2 Å². The summed E-state index contributed by atoms with van der Waals surface area (Å²) in [5.41, 5.74) is 11.3. The van der Waals surface area contributed by atoms with Gasteiger partial charge in [0.1, 0.15) is 0 Å². The van der Waals surface area contributed by atoms with Crippen molar-refractivity contribution in [3.05, 3.63) is 23.8 Å². The summed E-state index contributed by atoms with van der Waals surface area (Å²) in [6.07, 6.45) is 0. The lowest BCUT2D eigenvalue weighted by atomic mass is 10.1. The van der Waals surface area contributed by atoms with E-state index in [2.05, 4.69) is 10.8 Å². The molecule has 0 saturated heterocycles. The summed E-state index contributed by atoms with van der Waals surface area (Å²) in [5, 5.41) is 3.07. The second kappa shape index (κ2) is 4.69. The van der Waals surface area contributed by atoms with Crippen LogP contribution in [0.1, 0.15) is 5.56 Å². The maximum Gasteiger partial charge on any atom is 0.0636 e. The lowest BCUT2D eigenvalue weighted by Crippen LogP contribution is -2.03. The molecule has 13 heavy (non-hydrogen) atoms. The Balaban J connectivity index is 2.91. The molecule has 72 valence electrons. The van der Waals surface area contributed by atoms with Crippen molar-refractivity contribution in [2.75, 3.05) is 25.0 Å². The lowest BCUT2D eigenvalue weighted by Gasteiger charge is -2.09. The van der Waals surface area contributed by atoms with E-state index in [-0.39, 0.29) is 0 Å². The van der Waals surface area contributed by atoms with E-state index in [0.29, 0.717) is 6.54 Å². The van der Waals surface area contributed by atoms with Gasteiger partial charge in [-0.05, 0) is 23.8 Å². The van der Waals surface area contributed by atoms with Crippen molar-refractivity contribution >= 4 is 11.4 Å². The largest absolute Gasteiger partial charge is 0.388 e. The number of hydrogen-bond acceptors (Lipinski definition) is 4. The highest BCUT2D eigenvalue weighted by Gasteiger charge is 1.99. The van der Waals surface area contributed by atoms with E-state index in [1.165, 1.54) is 0 Å². The van der Waals surface area contributed by atoms with E-state index in [1.54, 1.807) is 7.11 Å². The van der Waals surface area contributed by atoms with E-state index < -0.39 is 0 Å². The Bertz CT molecular complexity index is 276. The average molecular weight is 181 g/mol. The van der Waals surface area contributed by atoms with Gasteiger partial charge in [-0.25, -0.2) is 0 Å². The Morgan fingerprint density at radius 2 is 2.23 bits per heavy atom. The quantitative estimate of drug-likeness (QED) is 0.610. The van der Waals surface area contributed by atoms with Crippen LogP contribution < -0.4 is 16.5 Å². The third kappa shape index (κ3) is 2.34. The van der Waals surface area contributed by atoms with Crippen molar-refractivity contribution < 1.29 is 4.84 Å². The summed E-state index contributed by atoms with van der Waals surface area (Å²) in [6.45, 7) is 0.509. The number of nitrogens with one attached hydrogen (secondary N) is 2. The smallest absolute Gasteiger partial charge is 0.0636 e. The first-order chi connectivity index (χ1) is 6.31. The van der Waals surface area contributed by atoms with Gasteiger partial charge in [0.25, 0.3) is 0 Å². The normalized spacial score (nSPS) is 9.77. The van der Waals surface area contributed by atoms with Gasteiger partial charge in [-0.15, -0.1) is 0 Å². The van der Waals surface area contributed by atoms with Gasteiger partial charge >= 0.3 is 0 Å². The maximum absolute atomic E-state index is 5.58. The van der Waals surface area contributed by atoms with Gasteiger partial charge in [0.15, 0.2) is 0 Å². The van der Waals surface area contributed by atoms with Crippen molar-refractivity contribution in [3.63, 3.8) is 0 Å². The van der Waals surface area contributed by atoms with Crippen LogP contribution in [0.5, 0.6) is 0 Å². The molecule has 4 nitrogen and oxygen atoms in total. The minimum absolute atomic E-state index is 0.509. The summed E-state index contributed by atoms with van der Waals surface area (Å²) in [7, 11) is 3.45. The number of anilines is 2. The highest BCUT2D eigenvalue weighted by molar-refractivity contribution is 5.58. The van der Waals surface area contributed by atoms with Gasteiger partial charge in [-0.1, -0.05) is 0 Å². The van der Waals surface area contributed by atoms with E-state index in [9.17, 15) is 0 Å². The molecule has 0 spiro atoms. The molecule has 0 unspecified atom stereocenters. The van der Waals surface area contributed by atoms with Crippen molar-refractivity contribution in [1.29, 1.82) is 0 Å². The first kappa shape index (κ1) is 9.83. The monoisotopic (exact) mass is 181 g/mol. The zero-order chi connectivity index (χ0) is 9.68. The maximum atomic E-state index is 5.58. The molecule has 0 bridgehead atoms. The Morgan fingerprint density at radius 1 is 1.46 bits per heavy atom. The highest BCUT2D eigenvalue weighted by atomic mass is 16.6. The number of benzene rings is 1. The van der Waals surface area contributed by atoms with Crippen LogP contribution in [0.15, 0.2) is 18.2 Å². The molecule has 0 heterocycles. The molecule has 0 aromatic heterocycles. The molecule has 4 heteroatoms. The Kier molecular flexibility index (Phi) is 3.54. The summed E-state index contributed by atoms with van der Waals surface area (Å²) < 4.78 is 0. The first-order valence-electron chi connectivity index (χ1n) is 4.11. The molecular formula is C9H15N3O. The van der Waals surface area contributed by atoms with Crippen LogP contribution in [0.3, 0.4) is 0 Å². The second-order valence-corrected chi connectivity index (χ2v) is 2.63. The average Bonchev–Trinajstić information content (AvgIpc) is 2.18. The van der Waals surface area contributed by atoms with Crippen molar-refractivity contribution in [2.45, 2.75) is 6.54 Å². The van der Waals surface area contributed by atoms with Gasteiger partial charge in [-0.2, -0.15) is 0 Å². The van der Waals surface area contributed by atoms with Crippen LogP contribution in [0.4, 0.5) is 11.4 Å². The highest BCUT2D eigenvalue weighted by Crippen LogP contribution is 2.19. The summed E-state index contributed by atoms with van der Waals surface area (Å²) >= 11 is 0. The van der Waals surface area contributed by atoms with Crippen LogP contribution in [0.2, 0.25) is 0 Å². The standard InChI is InChI=1S/C9H15N3O/c1-11-9-4-3-8(12-13-2)5-7(9)6-10/h3-5,11-12H,6,10H2,1-2H3. The van der Waals surface area contributed by atoms with Crippen LogP contribution in [-0.2, 0) is 11.4 Å². The fourth-order valence-electron chi connectivity index (χ4n) is 1.19. The molecule has 0 saturated carbocycles. The zero-order valence-corrected chi connectivity index (χ0v) is 7.92. The van der Waals surface area contributed by atoms with Crippen LogP contribution in [0.25, 0.3) is 0 Å². The molecule has 1 aromatic carbocycles. The molecule has 0 fully saturated rings. The SMILES string of the molecule is CNc1ccc(NOC)cc1CN. The Hall–Kier alpha value is -1.26. The topological polar surface area (TPSA) is 59.3 Å². The molecular weight excluding hydrogens is 166 g/mol. The van der Waals surface area contributed by atoms with Crippen molar-refractivity contribution in [3.8, 4) is 0 Å². The number of rotatable bonds is 4. The molecule has 1 rings (SSSR count). The Morgan fingerprint density at radius 3 is 2.77 bits per heavy atom. The van der Waals surface area contributed by atoms with E-state index >= 15 is 0 Å². The first-order valence-corrected chi connectivity index (χ1v) is 4.11. The molecule has 0 amide bonds. The minimum atomic E-state index is 0.509. The summed E-state index contributed by atoms with van der Waals surface area (Å²) in [6, 6.07) is 5.84. The van der Waals surface area contributed by atoms with Gasteiger partial charge in [0, 0.05) is 19.3 Å². The van der Waals surface area contributed by atoms with E-state index in [4.69, 9.17) is 10.6 Å². The van der Waals surface area contributed by atoms with Crippen LogP contribution >= 0.6 is 0 Å². The van der Waals surface area contributed by atoms with Gasteiger partial charge in [0.2, 0.25) is 0 Å². The van der Waals surface area contributed by atoms with Gasteiger partial charge in [0.05, 0.1) is 12.8 Å². The van der Waals surface area contributed by atoms with Crippen LogP contribution in [0, 0.1) is 0 Å². The van der Waals surface area contributed by atoms with E-state index in [0.717, 1.165) is 16.9 Å². The fourth-order valence-corrected chi connectivity index (χ4v) is 1.19. The fraction of sp³-hybridized carbons (Fsp3) is 0.333. The number of hydrogen-bond donors (Lipinski definition) is 3. The molecule has 0 radical (unpaired) electrons. The second-order valence-electron chi connectivity index (χ2n) is 2.63. The van der Waals surface area contributed by atoms with Crippen molar-refractivity contribution in [1.82, 2.24) is 0 Å². The predicted octanol–water partition coefficient (Wildman–Crippen LogP) is 1.16. The van der Waals surface area contributed by atoms with Gasteiger partial charge < -0.3 is 11.1 Å². The molecule has 0 aliphatic carbocycles. The molecule has 0 aliphatic heterocycles. The third-order valence-electron chi connectivity index (χ3n) is 1.81. The predicted molar refractivity (Wildman–Crippen MR) is 54.5 cm³/mol. The third-order valence-corrected chi connectivity index (χ3v) is 1.81.